The van der Waals surface area contributed by atoms with Gasteiger partial charge in [-0.2, -0.15) is 0 Å². The fourth-order valence-electron chi connectivity index (χ4n) is 4.51. The van der Waals surface area contributed by atoms with Crippen LogP contribution in [0.3, 0.4) is 0 Å². The second-order valence-corrected chi connectivity index (χ2v) is 8.15. The number of carboxylic acid groups (broad SMARTS) is 1. The van der Waals surface area contributed by atoms with Crippen LogP contribution in [-0.4, -0.2) is 39.6 Å². The van der Waals surface area contributed by atoms with E-state index in [1.807, 2.05) is 25.2 Å². The highest BCUT2D eigenvalue weighted by Crippen LogP contribution is 2.50. The van der Waals surface area contributed by atoms with Gasteiger partial charge in [0.1, 0.15) is 0 Å². The van der Waals surface area contributed by atoms with E-state index in [1.165, 1.54) is 0 Å². The van der Waals surface area contributed by atoms with Crippen LogP contribution < -0.4 is 0 Å². The molecule has 5 heteroatoms. The molecule has 1 saturated heterocycles. The number of fused-ring (bicyclic) bond motifs is 3. The first kappa shape index (κ1) is 21.4. The molecule has 0 spiro atoms. The molecule has 0 saturated carbocycles. The van der Waals surface area contributed by atoms with Gasteiger partial charge in [0, 0.05) is 30.6 Å². The SMILES string of the molecule is CC#CCC(C)[C@H](O)/C=C/C1C(O)=CC2OC3C(CCCC(=O)O)=CC=CC3C21. The van der Waals surface area contributed by atoms with Gasteiger partial charge in [0.15, 0.2) is 0 Å². The third-order valence-electron chi connectivity index (χ3n) is 6.13. The summed E-state index contributed by atoms with van der Waals surface area (Å²) in [6, 6.07) is 0. The molecule has 3 rings (SSSR count). The van der Waals surface area contributed by atoms with Gasteiger partial charge in [-0.15, -0.1) is 11.8 Å². The molecule has 0 radical (unpaired) electrons. The van der Waals surface area contributed by atoms with Crippen LogP contribution in [0.25, 0.3) is 0 Å². The minimum absolute atomic E-state index is 0.0212. The summed E-state index contributed by atoms with van der Waals surface area (Å²) in [4.78, 5) is 10.8. The zero-order chi connectivity index (χ0) is 21.0. The first-order chi connectivity index (χ1) is 13.9. The predicted molar refractivity (Wildman–Crippen MR) is 111 cm³/mol. The number of hydrogen-bond donors (Lipinski definition) is 3. The Kier molecular flexibility index (Phi) is 7.00. The Labute approximate surface area is 172 Å². The van der Waals surface area contributed by atoms with Gasteiger partial charge in [0.25, 0.3) is 0 Å². The number of ether oxygens (including phenoxy) is 1. The van der Waals surface area contributed by atoms with Gasteiger partial charge in [-0.25, -0.2) is 0 Å². The lowest BCUT2D eigenvalue weighted by Crippen LogP contribution is -2.27. The molecule has 7 atom stereocenters. The van der Waals surface area contributed by atoms with Gasteiger partial charge in [0.2, 0.25) is 0 Å². The molecular weight excluding hydrogens is 368 g/mol. The normalized spacial score (nSPS) is 32.0. The van der Waals surface area contributed by atoms with Crippen LogP contribution in [0.1, 0.15) is 39.5 Å². The molecular formula is C24H30O5. The fraction of sp³-hybridized carbons (Fsp3) is 0.542. The monoisotopic (exact) mass is 398 g/mol. The number of carbonyl (C=O) groups is 1. The molecule has 1 aliphatic heterocycles. The van der Waals surface area contributed by atoms with Crippen molar-refractivity contribution in [2.24, 2.45) is 23.7 Å². The lowest BCUT2D eigenvalue weighted by Gasteiger charge is -2.27. The fourth-order valence-corrected chi connectivity index (χ4v) is 4.51. The van der Waals surface area contributed by atoms with Gasteiger partial charge in [-0.05, 0) is 37.3 Å². The molecule has 0 bridgehead atoms. The minimum Gasteiger partial charge on any atom is -0.512 e. The first-order valence-electron chi connectivity index (χ1n) is 10.3. The molecule has 3 aliphatic rings. The average Bonchev–Trinajstić information content (AvgIpc) is 3.19. The van der Waals surface area contributed by atoms with E-state index in [1.54, 1.807) is 19.1 Å². The van der Waals surface area contributed by atoms with Crippen molar-refractivity contribution in [3.63, 3.8) is 0 Å². The quantitative estimate of drug-likeness (QED) is 0.428. The summed E-state index contributed by atoms with van der Waals surface area (Å²) in [5.74, 6) is 5.37. The molecule has 1 heterocycles. The van der Waals surface area contributed by atoms with Gasteiger partial charge in [-0.1, -0.05) is 37.3 Å². The van der Waals surface area contributed by atoms with Crippen molar-refractivity contribution in [3.8, 4) is 11.8 Å². The van der Waals surface area contributed by atoms with Crippen LogP contribution in [-0.2, 0) is 9.53 Å². The number of aliphatic carboxylic acids is 1. The highest BCUT2D eigenvalue weighted by Gasteiger charge is 2.51. The Morgan fingerprint density at radius 3 is 2.93 bits per heavy atom. The summed E-state index contributed by atoms with van der Waals surface area (Å²) in [6.07, 6.45) is 12.8. The molecule has 1 fully saturated rings. The third-order valence-corrected chi connectivity index (χ3v) is 6.13. The third kappa shape index (κ3) is 4.83. The van der Waals surface area contributed by atoms with E-state index in [4.69, 9.17) is 9.84 Å². The first-order valence-corrected chi connectivity index (χ1v) is 10.3. The lowest BCUT2D eigenvalue weighted by molar-refractivity contribution is -0.137. The van der Waals surface area contributed by atoms with Gasteiger partial charge in [-0.3, -0.25) is 4.79 Å². The maximum Gasteiger partial charge on any atom is 0.303 e. The topological polar surface area (TPSA) is 87.0 Å². The standard InChI is InChI=1S/C24H30O5/c1-3-4-7-15(2)19(25)13-12-17-20(26)14-21-23(17)18-10-5-8-16(24(18)29-21)9-6-11-22(27)28/h5,8,10,12-15,17-19,21,23-26H,6-7,9,11H2,1-2H3,(H,27,28)/b13-12+/t15?,17?,18?,19-,21?,23?,24?/m1/s1. The number of rotatable bonds is 8. The second-order valence-electron chi connectivity index (χ2n) is 8.15. The molecule has 2 aliphatic carbocycles. The Hall–Kier alpha value is -2.29. The van der Waals surface area contributed by atoms with Crippen molar-refractivity contribution in [2.45, 2.75) is 57.8 Å². The highest BCUT2D eigenvalue weighted by atomic mass is 16.5. The van der Waals surface area contributed by atoms with E-state index in [-0.39, 0.29) is 42.3 Å². The lowest BCUT2D eigenvalue weighted by atomic mass is 9.76. The van der Waals surface area contributed by atoms with Gasteiger partial charge in [0.05, 0.1) is 24.1 Å². The van der Waals surface area contributed by atoms with E-state index >= 15 is 0 Å². The van der Waals surface area contributed by atoms with E-state index in [0.29, 0.717) is 25.0 Å². The van der Waals surface area contributed by atoms with Crippen LogP contribution >= 0.6 is 0 Å². The van der Waals surface area contributed by atoms with Crippen molar-refractivity contribution < 1.29 is 24.9 Å². The summed E-state index contributed by atoms with van der Waals surface area (Å²) in [6.45, 7) is 3.74. The smallest absolute Gasteiger partial charge is 0.303 e. The number of carboxylic acids is 1. The van der Waals surface area contributed by atoms with Gasteiger partial charge >= 0.3 is 5.97 Å². The average molecular weight is 398 g/mol. The van der Waals surface area contributed by atoms with Crippen LogP contribution in [0.2, 0.25) is 0 Å². The van der Waals surface area contributed by atoms with Crippen LogP contribution in [0.5, 0.6) is 0 Å². The van der Waals surface area contributed by atoms with Crippen LogP contribution in [0.4, 0.5) is 0 Å². The molecule has 0 aromatic heterocycles. The Morgan fingerprint density at radius 1 is 1.41 bits per heavy atom. The largest absolute Gasteiger partial charge is 0.512 e. The molecule has 156 valence electrons. The number of aliphatic hydroxyl groups is 2. The number of allylic oxidation sites excluding steroid dienone is 3. The Morgan fingerprint density at radius 2 is 2.21 bits per heavy atom. The molecule has 0 amide bonds. The van der Waals surface area contributed by atoms with E-state index < -0.39 is 12.1 Å². The zero-order valence-corrected chi connectivity index (χ0v) is 17.0. The van der Waals surface area contributed by atoms with E-state index in [9.17, 15) is 15.0 Å². The summed E-state index contributed by atoms with van der Waals surface area (Å²) in [5.41, 5.74) is 1.12. The summed E-state index contributed by atoms with van der Waals surface area (Å²) < 4.78 is 6.25. The van der Waals surface area contributed by atoms with Crippen molar-refractivity contribution in [3.05, 3.63) is 47.8 Å². The Balaban J connectivity index is 1.68. The van der Waals surface area contributed by atoms with Crippen molar-refractivity contribution in [2.75, 3.05) is 0 Å². The maximum absolute atomic E-state index is 10.8. The molecule has 0 aromatic rings. The van der Waals surface area contributed by atoms with Crippen molar-refractivity contribution in [1.82, 2.24) is 0 Å². The summed E-state index contributed by atoms with van der Waals surface area (Å²) in [5, 5.41) is 29.7. The van der Waals surface area contributed by atoms with Crippen LogP contribution in [0.15, 0.2) is 47.8 Å². The van der Waals surface area contributed by atoms with Gasteiger partial charge < -0.3 is 20.1 Å². The molecule has 0 aromatic carbocycles. The zero-order valence-electron chi connectivity index (χ0n) is 17.0. The summed E-state index contributed by atoms with van der Waals surface area (Å²) in [7, 11) is 0. The van der Waals surface area contributed by atoms with Crippen LogP contribution in [0, 0.1) is 35.5 Å². The number of aliphatic hydroxyl groups excluding tert-OH is 2. The van der Waals surface area contributed by atoms with Crippen molar-refractivity contribution >= 4 is 5.97 Å². The predicted octanol–water partition coefficient (Wildman–Crippen LogP) is 3.78. The maximum atomic E-state index is 10.8. The van der Waals surface area contributed by atoms with E-state index in [2.05, 4.69) is 17.9 Å². The molecule has 5 nitrogen and oxygen atoms in total. The van der Waals surface area contributed by atoms with E-state index in [0.717, 1.165) is 5.57 Å². The second kappa shape index (κ2) is 9.47. The molecule has 29 heavy (non-hydrogen) atoms. The Bertz CT molecular complexity index is 794. The summed E-state index contributed by atoms with van der Waals surface area (Å²) >= 11 is 0. The highest BCUT2D eigenvalue weighted by molar-refractivity contribution is 5.66. The molecule has 6 unspecified atom stereocenters. The number of hydrogen-bond acceptors (Lipinski definition) is 4. The van der Waals surface area contributed by atoms with Crippen molar-refractivity contribution in [1.29, 1.82) is 0 Å². The minimum atomic E-state index is -0.784. The molecule has 3 N–H and O–H groups in total.